The minimum Gasteiger partial charge on any atom is -0.461 e. The molecule has 14 nitrogen and oxygen atoms in total. The Labute approximate surface area is 216 Å². The Morgan fingerprint density at radius 3 is 1.34 bits per heavy atom. The monoisotopic (exact) mass is 528 g/mol. The molecule has 2 amide bonds. The summed E-state index contributed by atoms with van der Waals surface area (Å²) in [5.74, 6) is -2.13. The fourth-order valence-electron chi connectivity index (χ4n) is 3.81. The first-order chi connectivity index (χ1) is 18.0. The normalized spacial score (nSPS) is 13.0. The van der Waals surface area contributed by atoms with Gasteiger partial charge in [0.15, 0.2) is 0 Å². The highest BCUT2D eigenvalue weighted by atomic mass is 16.6. The summed E-state index contributed by atoms with van der Waals surface area (Å²) in [6.45, 7) is 2.31. The van der Waals surface area contributed by atoms with Crippen LogP contribution in [-0.2, 0) is 32.3 Å². The van der Waals surface area contributed by atoms with Crippen molar-refractivity contribution in [2.24, 2.45) is 0 Å². The highest BCUT2D eigenvalue weighted by Gasteiger charge is 2.28. The smallest absolute Gasteiger partial charge is 0.302 e. The average Bonchev–Trinajstić information content (AvgIpc) is 2.89. The minimum absolute atomic E-state index is 0.0713. The van der Waals surface area contributed by atoms with E-state index in [2.05, 4.69) is 0 Å². The summed E-state index contributed by atoms with van der Waals surface area (Å²) in [6.07, 6.45) is 0. The third-order valence-electron chi connectivity index (χ3n) is 5.77. The van der Waals surface area contributed by atoms with E-state index in [0.717, 1.165) is 12.1 Å². The van der Waals surface area contributed by atoms with Crippen LogP contribution >= 0.6 is 0 Å². The number of esters is 2. The van der Waals surface area contributed by atoms with Crippen LogP contribution in [0.3, 0.4) is 0 Å². The maximum atomic E-state index is 13.0. The van der Waals surface area contributed by atoms with Gasteiger partial charge in [0.25, 0.3) is 23.2 Å². The van der Waals surface area contributed by atoms with Crippen molar-refractivity contribution in [2.45, 2.75) is 27.1 Å². The van der Waals surface area contributed by atoms with Gasteiger partial charge in [-0.3, -0.25) is 39.4 Å². The number of nitrogens with zero attached hydrogens (tertiary/aromatic N) is 4. The van der Waals surface area contributed by atoms with Crippen LogP contribution in [0, 0.1) is 20.2 Å². The molecule has 1 aliphatic heterocycles. The fraction of sp³-hybridized carbons (Fsp3) is 0.333. The third kappa shape index (κ3) is 6.66. The fourth-order valence-corrected chi connectivity index (χ4v) is 3.81. The Morgan fingerprint density at radius 2 is 1.05 bits per heavy atom. The zero-order valence-electron chi connectivity index (χ0n) is 20.6. The number of rotatable bonds is 8. The molecule has 200 valence electrons. The molecule has 0 atom stereocenters. The number of nitro benzene ring substituents is 2. The molecular weight excluding hydrogens is 504 g/mol. The molecule has 0 spiro atoms. The van der Waals surface area contributed by atoms with Crippen molar-refractivity contribution < 1.29 is 38.5 Å². The van der Waals surface area contributed by atoms with E-state index in [1.165, 1.54) is 47.9 Å². The summed E-state index contributed by atoms with van der Waals surface area (Å²) < 4.78 is 9.64. The summed E-state index contributed by atoms with van der Waals surface area (Å²) in [4.78, 5) is 72.5. The SMILES string of the molecule is CC(=O)OCc1ccc(C(=O)N2CCN(C(=O)c3ccc(COC(C)=O)c([N+](=O)[O-])c3)CC2)cc1[N+](=O)[O-]. The van der Waals surface area contributed by atoms with E-state index in [1.54, 1.807) is 0 Å². The molecule has 1 aliphatic rings. The Balaban J connectivity index is 1.68. The zero-order valence-corrected chi connectivity index (χ0v) is 20.6. The number of carbonyl (C=O) groups excluding carboxylic acids is 4. The molecule has 0 radical (unpaired) electrons. The number of benzene rings is 2. The molecule has 0 aromatic heterocycles. The predicted octanol–water partition coefficient (Wildman–Crippen LogP) is 2.23. The summed E-state index contributed by atoms with van der Waals surface area (Å²) >= 11 is 0. The number of carbonyl (C=O) groups is 4. The van der Waals surface area contributed by atoms with Crippen LogP contribution in [0.15, 0.2) is 36.4 Å². The van der Waals surface area contributed by atoms with Crippen LogP contribution in [-0.4, -0.2) is 69.6 Å². The van der Waals surface area contributed by atoms with Crippen molar-refractivity contribution in [1.29, 1.82) is 0 Å². The quantitative estimate of drug-likeness (QED) is 0.280. The number of nitro groups is 2. The molecule has 0 N–H and O–H groups in total. The molecule has 1 fully saturated rings. The van der Waals surface area contributed by atoms with E-state index in [-0.39, 0.29) is 73.0 Å². The highest BCUT2D eigenvalue weighted by molar-refractivity contribution is 5.97. The van der Waals surface area contributed by atoms with Gasteiger partial charge in [0, 0.05) is 63.3 Å². The van der Waals surface area contributed by atoms with Crippen molar-refractivity contribution in [3.05, 3.63) is 78.9 Å². The van der Waals surface area contributed by atoms with Gasteiger partial charge in [-0.05, 0) is 24.3 Å². The first kappa shape index (κ1) is 27.7. The molecule has 1 heterocycles. The first-order valence-electron chi connectivity index (χ1n) is 11.4. The Morgan fingerprint density at radius 1 is 0.711 bits per heavy atom. The molecule has 0 aliphatic carbocycles. The summed E-state index contributed by atoms with van der Waals surface area (Å²) in [7, 11) is 0. The summed E-state index contributed by atoms with van der Waals surface area (Å²) in [6, 6.07) is 7.76. The molecule has 38 heavy (non-hydrogen) atoms. The topological polar surface area (TPSA) is 180 Å². The first-order valence-corrected chi connectivity index (χ1v) is 11.4. The van der Waals surface area contributed by atoms with Crippen molar-refractivity contribution in [3.63, 3.8) is 0 Å². The third-order valence-corrected chi connectivity index (χ3v) is 5.77. The van der Waals surface area contributed by atoms with Gasteiger partial charge in [-0.25, -0.2) is 0 Å². The lowest BCUT2D eigenvalue weighted by Crippen LogP contribution is -2.50. The van der Waals surface area contributed by atoms with Crippen LogP contribution in [0.4, 0.5) is 11.4 Å². The maximum absolute atomic E-state index is 13.0. The minimum atomic E-state index is -0.664. The summed E-state index contributed by atoms with van der Waals surface area (Å²) in [5.41, 5.74) is -0.284. The van der Waals surface area contributed by atoms with Crippen molar-refractivity contribution in [3.8, 4) is 0 Å². The van der Waals surface area contributed by atoms with Gasteiger partial charge in [0.1, 0.15) is 13.2 Å². The van der Waals surface area contributed by atoms with Crippen LogP contribution in [0.5, 0.6) is 0 Å². The van der Waals surface area contributed by atoms with Gasteiger partial charge in [0.05, 0.1) is 21.0 Å². The molecule has 14 heteroatoms. The number of piperazine rings is 1. The van der Waals surface area contributed by atoms with Crippen LogP contribution in [0.2, 0.25) is 0 Å². The summed E-state index contributed by atoms with van der Waals surface area (Å²) in [5, 5.41) is 22.9. The number of hydrogen-bond acceptors (Lipinski definition) is 10. The van der Waals surface area contributed by atoms with Gasteiger partial charge in [0.2, 0.25) is 0 Å². The molecule has 0 bridgehead atoms. The molecule has 1 saturated heterocycles. The van der Waals surface area contributed by atoms with E-state index in [4.69, 9.17) is 9.47 Å². The van der Waals surface area contributed by atoms with Gasteiger partial charge < -0.3 is 19.3 Å². The lowest BCUT2D eigenvalue weighted by molar-refractivity contribution is -0.386. The van der Waals surface area contributed by atoms with E-state index in [1.807, 2.05) is 0 Å². The van der Waals surface area contributed by atoms with Crippen molar-refractivity contribution >= 4 is 35.1 Å². The van der Waals surface area contributed by atoms with Crippen LogP contribution < -0.4 is 0 Å². The largest absolute Gasteiger partial charge is 0.461 e. The van der Waals surface area contributed by atoms with Crippen molar-refractivity contribution in [1.82, 2.24) is 9.80 Å². The van der Waals surface area contributed by atoms with Gasteiger partial charge in [-0.15, -0.1) is 0 Å². The lowest BCUT2D eigenvalue weighted by atomic mass is 10.1. The standard InChI is InChI=1S/C24H24N4O10/c1-15(29)37-13-19-5-3-17(11-21(19)27(33)34)23(31)25-7-9-26(10-8-25)24(32)18-4-6-20(14-38-16(2)30)22(12-18)28(35)36/h3-6,11-12H,7-10,13-14H2,1-2H3. The maximum Gasteiger partial charge on any atom is 0.302 e. The average molecular weight is 528 g/mol. The molecular formula is C24H24N4O10. The zero-order chi connectivity index (χ0) is 28.0. The number of amides is 2. The Hall–Kier alpha value is -4.88. The van der Waals surface area contributed by atoms with Crippen LogP contribution in [0.1, 0.15) is 45.7 Å². The number of hydrogen-bond donors (Lipinski definition) is 0. The van der Waals surface area contributed by atoms with E-state index < -0.39 is 33.6 Å². The molecule has 3 rings (SSSR count). The van der Waals surface area contributed by atoms with E-state index in [9.17, 15) is 39.4 Å². The van der Waals surface area contributed by atoms with Crippen LogP contribution in [0.25, 0.3) is 0 Å². The van der Waals surface area contributed by atoms with Gasteiger partial charge >= 0.3 is 11.9 Å². The highest BCUT2D eigenvalue weighted by Crippen LogP contribution is 2.24. The Kier molecular flexibility index (Phi) is 8.68. The Bertz CT molecular complexity index is 1200. The predicted molar refractivity (Wildman–Crippen MR) is 129 cm³/mol. The van der Waals surface area contributed by atoms with Gasteiger partial charge in [-0.2, -0.15) is 0 Å². The van der Waals surface area contributed by atoms with E-state index >= 15 is 0 Å². The molecule has 2 aromatic rings. The second kappa shape index (κ2) is 11.9. The second-order valence-electron chi connectivity index (χ2n) is 8.35. The molecule has 0 saturated carbocycles. The van der Waals surface area contributed by atoms with E-state index in [0.29, 0.717) is 0 Å². The van der Waals surface area contributed by atoms with Gasteiger partial charge in [-0.1, -0.05) is 0 Å². The number of ether oxygens (including phenoxy) is 2. The molecule has 0 unspecified atom stereocenters. The molecule has 2 aromatic carbocycles. The lowest BCUT2D eigenvalue weighted by Gasteiger charge is -2.34. The van der Waals surface area contributed by atoms with Crippen molar-refractivity contribution in [2.75, 3.05) is 26.2 Å². The second-order valence-corrected chi connectivity index (χ2v) is 8.35.